The van der Waals surface area contributed by atoms with Crippen LogP contribution in [0.15, 0.2) is 9.59 Å². The molecule has 0 bridgehead atoms. The maximum Gasteiger partial charge on any atom is 0.329 e. The Morgan fingerprint density at radius 2 is 2.15 bits per heavy atom. The summed E-state index contributed by atoms with van der Waals surface area (Å²) in [6.07, 6.45) is 1.11. The first-order valence-electron chi connectivity index (χ1n) is 6.97. The lowest BCUT2D eigenvalue weighted by Crippen LogP contribution is -2.34. The van der Waals surface area contributed by atoms with Crippen LogP contribution in [-0.4, -0.2) is 40.1 Å². The summed E-state index contributed by atoms with van der Waals surface area (Å²) in [6, 6.07) is 0.547. The molecule has 4 N–H and O–H groups in total. The van der Waals surface area contributed by atoms with Gasteiger partial charge >= 0.3 is 5.69 Å². The van der Waals surface area contributed by atoms with Crippen LogP contribution in [0.4, 0.5) is 11.5 Å². The summed E-state index contributed by atoms with van der Waals surface area (Å²) in [5.74, 6) is 0.672. The third kappa shape index (κ3) is 2.87. The third-order valence-electron chi connectivity index (χ3n) is 3.98. The molecule has 2 heterocycles. The van der Waals surface area contributed by atoms with Crippen LogP contribution in [0.3, 0.4) is 0 Å². The highest BCUT2D eigenvalue weighted by Gasteiger charge is 2.24. The van der Waals surface area contributed by atoms with Gasteiger partial charge in [0.05, 0.1) is 0 Å². The van der Waals surface area contributed by atoms with E-state index in [1.807, 2.05) is 0 Å². The zero-order valence-electron chi connectivity index (χ0n) is 12.3. The molecule has 112 valence electrons. The van der Waals surface area contributed by atoms with Crippen LogP contribution in [-0.2, 0) is 7.05 Å². The molecule has 20 heavy (non-hydrogen) atoms. The van der Waals surface area contributed by atoms with E-state index in [9.17, 15) is 9.59 Å². The van der Waals surface area contributed by atoms with Crippen molar-refractivity contribution in [1.29, 1.82) is 0 Å². The van der Waals surface area contributed by atoms with Gasteiger partial charge < -0.3 is 16.0 Å². The molecule has 1 aromatic rings. The number of hydrogen-bond donors (Lipinski definition) is 3. The van der Waals surface area contributed by atoms with Gasteiger partial charge in [-0.1, -0.05) is 0 Å². The van der Waals surface area contributed by atoms with Crippen molar-refractivity contribution in [3.8, 4) is 0 Å². The van der Waals surface area contributed by atoms with Crippen LogP contribution in [0, 0.1) is 5.92 Å². The largest absolute Gasteiger partial charge is 0.383 e. The molecule has 0 spiro atoms. The fourth-order valence-corrected chi connectivity index (χ4v) is 2.55. The predicted molar refractivity (Wildman–Crippen MR) is 80.0 cm³/mol. The van der Waals surface area contributed by atoms with Crippen LogP contribution in [0.2, 0.25) is 0 Å². The Hall–Kier alpha value is -1.76. The summed E-state index contributed by atoms with van der Waals surface area (Å²) in [4.78, 5) is 27.8. The highest BCUT2D eigenvalue weighted by atomic mass is 16.2. The zero-order chi connectivity index (χ0) is 14.9. The molecule has 0 amide bonds. The van der Waals surface area contributed by atoms with Crippen molar-refractivity contribution in [3.63, 3.8) is 0 Å². The smallest absolute Gasteiger partial charge is 0.329 e. The number of nitrogens with zero attached hydrogens (tertiary/aromatic N) is 2. The number of anilines is 2. The minimum absolute atomic E-state index is 0.178. The van der Waals surface area contributed by atoms with Gasteiger partial charge in [-0.15, -0.1) is 0 Å². The molecular formula is C13H23N5O2. The van der Waals surface area contributed by atoms with Crippen molar-refractivity contribution in [3.05, 3.63) is 20.8 Å². The predicted octanol–water partition coefficient (Wildman–Crippen LogP) is -0.202. The molecule has 7 heteroatoms. The van der Waals surface area contributed by atoms with E-state index in [0.717, 1.165) is 19.5 Å². The van der Waals surface area contributed by atoms with E-state index in [-0.39, 0.29) is 11.5 Å². The first-order valence-corrected chi connectivity index (χ1v) is 6.97. The van der Waals surface area contributed by atoms with Gasteiger partial charge in [0.1, 0.15) is 11.5 Å². The standard InChI is InChI=1S/C13H23N5O2/c1-8(2)18-5-4-9(7-18)6-15-10-11(14)17(3)13(20)16-12(10)19/h8-9,15H,4-7,14H2,1-3H3,(H,16,19,20). The number of aromatic nitrogens is 2. The van der Waals surface area contributed by atoms with E-state index in [4.69, 9.17) is 5.73 Å². The van der Waals surface area contributed by atoms with E-state index in [2.05, 4.69) is 29.0 Å². The van der Waals surface area contributed by atoms with Gasteiger partial charge in [0.2, 0.25) is 0 Å². The molecule has 0 aliphatic carbocycles. The molecule has 1 aliphatic heterocycles. The number of aromatic amines is 1. The number of nitrogens with two attached hydrogens (primary N) is 1. The molecule has 7 nitrogen and oxygen atoms in total. The van der Waals surface area contributed by atoms with Crippen molar-refractivity contribution in [1.82, 2.24) is 14.5 Å². The third-order valence-corrected chi connectivity index (χ3v) is 3.98. The lowest BCUT2D eigenvalue weighted by Gasteiger charge is -2.20. The van der Waals surface area contributed by atoms with Crippen molar-refractivity contribution in [2.24, 2.45) is 13.0 Å². The second-order valence-electron chi connectivity index (χ2n) is 5.70. The van der Waals surface area contributed by atoms with Gasteiger partial charge in [-0.25, -0.2) is 4.79 Å². The molecule has 2 rings (SSSR count). The van der Waals surface area contributed by atoms with E-state index in [1.54, 1.807) is 0 Å². The zero-order valence-corrected chi connectivity index (χ0v) is 12.3. The Kier molecular flexibility index (Phi) is 4.17. The van der Waals surface area contributed by atoms with E-state index >= 15 is 0 Å². The van der Waals surface area contributed by atoms with Crippen LogP contribution in [0.1, 0.15) is 20.3 Å². The van der Waals surface area contributed by atoms with Crippen molar-refractivity contribution < 1.29 is 0 Å². The molecule has 1 unspecified atom stereocenters. The van der Waals surface area contributed by atoms with Crippen molar-refractivity contribution in [2.45, 2.75) is 26.3 Å². The number of nitrogens with one attached hydrogen (secondary N) is 2. The lowest BCUT2D eigenvalue weighted by molar-refractivity contribution is 0.266. The van der Waals surface area contributed by atoms with Crippen molar-refractivity contribution in [2.75, 3.05) is 30.7 Å². The quantitative estimate of drug-likeness (QED) is 0.710. The molecule has 0 radical (unpaired) electrons. The highest BCUT2D eigenvalue weighted by molar-refractivity contribution is 5.60. The lowest BCUT2D eigenvalue weighted by atomic mass is 10.1. The SMILES string of the molecule is CC(C)N1CCC(CNc2c(N)n(C)c(=O)[nH]c2=O)C1. The summed E-state index contributed by atoms with van der Waals surface area (Å²) < 4.78 is 1.23. The Balaban J connectivity index is 2.04. The van der Waals surface area contributed by atoms with Gasteiger partial charge in [-0.3, -0.25) is 14.3 Å². The van der Waals surface area contributed by atoms with Crippen LogP contribution in [0.5, 0.6) is 0 Å². The maximum absolute atomic E-state index is 11.8. The summed E-state index contributed by atoms with van der Waals surface area (Å²) >= 11 is 0. The number of nitrogen functional groups attached to an aromatic ring is 1. The van der Waals surface area contributed by atoms with Crippen LogP contribution in [0.25, 0.3) is 0 Å². The average Bonchev–Trinajstić information content (AvgIpc) is 2.85. The first kappa shape index (κ1) is 14.6. The summed E-state index contributed by atoms with van der Waals surface area (Å²) in [7, 11) is 1.54. The van der Waals surface area contributed by atoms with Gasteiger partial charge in [0.15, 0.2) is 0 Å². The fraction of sp³-hybridized carbons (Fsp3) is 0.692. The Labute approximate surface area is 117 Å². The first-order chi connectivity index (χ1) is 9.40. The van der Waals surface area contributed by atoms with Gasteiger partial charge in [-0.2, -0.15) is 0 Å². The van der Waals surface area contributed by atoms with Gasteiger partial charge in [0.25, 0.3) is 5.56 Å². The Morgan fingerprint density at radius 3 is 2.75 bits per heavy atom. The molecular weight excluding hydrogens is 258 g/mol. The van der Waals surface area contributed by atoms with E-state index in [1.165, 1.54) is 11.6 Å². The average molecular weight is 281 g/mol. The molecule has 1 atom stereocenters. The van der Waals surface area contributed by atoms with E-state index < -0.39 is 11.2 Å². The molecule has 1 fully saturated rings. The monoisotopic (exact) mass is 281 g/mol. The fourth-order valence-electron chi connectivity index (χ4n) is 2.55. The second-order valence-corrected chi connectivity index (χ2v) is 5.70. The number of hydrogen-bond acceptors (Lipinski definition) is 5. The summed E-state index contributed by atoms with van der Waals surface area (Å²) in [6.45, 7) is 7.17. The summed E-state index contributed by atoms with van der Waals surface area (Å²) in [5.41, 5.74) is 5.15. The Bertz CT molecular complexity index is 589. The number of rotatable bonds is 4. The minimum Gasteiger partial charge on any atom is -0.383 e. The van der Waals surface area contributed by atoms with Gasteiger partial charge in [0, 0.05) is 26.2 Å². The van der Waals surface area contributed by atoms with Crippen molar-refractivity contribution >= 4 is 11.5 Å². The second kappa shape index (κ2) is 5.70. The molecule has 0 aromatic carbocycles. The van der Waals surface area contributed by atoms with Gasteiger partial charge in [-0.05, 0) is 32.7 Å². The molecule has 1 saturated heterocycles. The van der Waals surface area contributed by atoms with E-state index in [0.29, 0.717) is 18.5 Å². The maximum atomic E-state index is 11.8. The normalized spacial score (nSPS) is 19.7. The number of likely N-dealkylation sites (tertiary alicyclic amines) is 1. The van der Waals surface area contributed by atoms with Crippen LogP contribution < -0.4 is 22.3 Å². The topological polar surface area (TPSA) is 96.2 Å². The highest BCUT2D eigenvalue weighted by Crippen LogP contribution is 2.19. The number of H-pyrrole nitrogens is 1. The molecule has 0 saturated carbocycles. The molecule has 1 aliphatic rings. The summed E-state index contributed by atoms with van der Waals surface area (Å²) in [5, 5.41) is 3.10. The molecule has 1 aromatic heterocycles. The van der Waals surface area contributed by atoms with Crippen LogP contribution >= 0.6 is 0 Å². The minimum atomic E-state index is -0.495. The Morgan fingerprint density at radius 1 is 1.45 bits per heavy atom.